The molecule has 3 nitrogen and oxygen atoms in total. The van der Waals surface area contributed by atoms with Gasteiger partial charge in [0.1, 0.15) is 0 Å². The van der Waals surface area contributed by atoms with E-state index in [0.29, 0.717) is 5.82 Å². The summed E-state index contributed by atoms with van der Waals surface area (Å²) in [5.74, 6) is 0.676. The van der Waals surface area contributed by atoms with Gasteiger partial charge in [0.25, 0.3) is 0 Å². The maximum Gasteiger partial charge on any atom is 0.213 e. The minimum absolute atomic E-state index is 0. The normalized spacial score (nSPS) is 6.56. The Labute approximate surface area is 66.7 Å². The molecule has 0 atom stereocenters. The van der Waals surface area contributed by atoms with Crippen LogP contribution in [0.5, 0.6) is 0 Å². The van der Waals surface area contributed by atoms with Crippen LogP contribution in [0.2, 0.25) is 0 Å². The SMILES string of the molecule is CC.Cc1ncon1.[V]. The molecule has 0 amide bonds. The standard InChI is InChI=1S/C3H4N2O.C2H6.V/c1-3-4-2-6-5-3;1-2;/h2H,1H3;1-2H3;. The number of rotatable bonds is 0. The van der Waals surface area contributed by atoms with Crippen molar-refractivity contribution in [2.75, 3.05) is 0 Å². The molecule has 0 N–H and O–H groups in total. The van der Waals surface area contributed by atoms with Gasteiger partial charge in [-0.05, 0) is 6.92 Å². The van der Waals surface area contributed by atoms with Crippen LogP contribution in [0.4, 0.5) is 0 Å². The van der Waals surface area contributed by atoms with Gasteiger partial charge in [-0.2, -0.15) is 4.98 Å². The van der Waals surface area contributed by atoms with Crippen LogP contribution in [0, 0.1) is 6.92 Å². The zero-order valence-electron chi connectivity index (χ0n) is 5.83. The van der Waals surface area contributed by atoms with E-state index < -0.39 is 0 Å². The Balaban J connectivity index is 0. The molecule has 1 heterocycles. The maximum atomic E-state index is 4.35. The number of nitrogens with zero attached hydrogens (tertiary/aromatic N) is 2. The summed E-state index contributed by atoms with van der Waals surface area (Å²) in [5.41, 5.74) is 0. The topological polar surface area (TPSA) is 38.9 Å². The third kappa shape index (κ3) is 5.60. The molecular formula is C5H10N2OV. The van der Waals surface area contributed by atoms with Gasteiger partial charge in [-0.3, -0.25) is 0 Å². The molecule has 0 aliphatic rings. The minimum atomic E-state index is 0. The van der Waals surface area contributed by atoms with Gasteiger partial charge in [-0.1, -0.05) is 19.0 Å². The second-order valence-electron chi connectivity index (χ2n) is 0.978. The Kier molecular flexibility index (Phi) is 9.88. The molecular weight excluding hydrogens is 155 g/mol. The van der Waals surface area contributed by atoms with Gasteiger partial charge in [-0.25, -0.2) is 0 Å². The molecule has 1 radical (unpaired) electrons. The molecule has 0 fully saturated rings. The third-order valence-corrected chi connectivity index (χ3v) is 0.471. The average Bonchev–Trinajstić information content (AvgIpc) is 2.24. The first-order valence-corrected chi connectivity index (χ1v) is 2.62. The third-order valence-electron chi connectivity index (χ3n) is 0.471. The van der Waals surface area contributed by atoms with Crippen LogP contribution in [0.25, 0.3) is 0 Å². The fourth-order valence-corrected chi connectivity index (χ4v) is 0.223. The van der Waals surface area contributed by atoms with Gasteiger partial charge in [0.05, 0.1) is 0 Å². The van der Waals surface area contributed by atoms with Crippen molar-refractivity contribution >= 4 is 0 Å². The summed E-state index contributed by atoms with van der Waals surface area (Å²) in [4.78, 5) is 3.64. The van der Waals surface area contributed by atoms with E-state index in [4.69, 9.17) is 0 Å². The van der Waals surface area contributed by atoms with Gasteiger partial charge >= 0.3 is 0 Å². The molecule has 0 unspecified atom stereocenters. The number of aromatic nitrogens is 2. The summed E-state index contributed by atoms with van der Waals surface area (Å²) in [6.45, 7) is 5.77. The van der Waals surface area contributed by atoms with Crippen LogP contribution < -0.4 is 0 Å². The minimum Gasteiger partial charge on any atom is -0.343 e. The first-order valence-electron chi connectivity index (χ1n) is 2.62. The van der Waals surface area contributed by atoms with Crippen molar-refractivity contribution in [2.24, 2.45) is 0 Å². The quantitative estimate of drug-likeness (QED) is 0.583. The number of aryl methyl sites for hydroxylation is 1. The van der Waals surface area contributed by atoms with E-state index >= 15 is 0 Å². The first kappa shape index (κ1) is 11.5. The van der Waals surface area contributed by atoms with Crippen LogP contribution in [-0.4, -0.2) is 10.1 Å². The second-order valence-corrected chi connectivity index (χ2v) is 0.978. The summed E-state index contributed by atoms with van der Waals surface area (Å²) in [6, 6.07) is 0. The van der Waals surface area contributed by atoms with E-state index in [1.54, 1.807) is 6.92 Å². The predicted octanol–water partition coefficient (Wildman–Crippen LogP) is 1.40. The summed E-state index contributed by atoms with van der Waals surface area (Å²) in [5, 5.41) is 3.43. The molecule has 0 aromatic carbocycles. The fraction of sp³-hybridized carbons (Fsp3) is 0.600. The Morgan fingerprint density at radius 2 is 2.00 bits per heavy atom. The Morgan fingerprint density at radius 1 is 1.44 bits per heavy atom. The molecule has 1 rings (SSSR count). The van der Waals surface area contributed by atoms with Gasteiger partial charge in [0, 0.05) is 18.6 Å². The fourth-order valence-electron chi connectivity index (χ4n) is 0.223. The Hall–Kier alpha value is -0.276. The molecule has 0 aliphatic heterocycles. The maximum absolute atomic E-state index is 4.35. The van der Waals surface area contributed by atoms with Crippen LogP contribution >= 0.6 is 0 Å². The molecule has 0 saturated carbocycles. The zero-order chi connectivity index (χ0) is 6.41. The summed E-state index contributed by atoms with van der Waals surface area (Å²) in [6.07, 6.45) is 1.30. The van der Waals surface area contributed by atoms with Crippen molar-refractivity contribution in [1.82, 2.24) is 10.1 Å². The predicted molar refractivity (Wildman–Crippen MR) is 30.4 cm³/mol. The number of hydrogen-bond acceptors (Lipinski definition) is 3. The summed E-state index contributed by atoms with van der Waals surface area (Å²) >= 11 is 0. The monoisotopic (exact) mass is 165 g/mol. The molecule has 51 valence electrons. The molecule has 0 bridgehead atoms. The van der Waals surface area contributed by atoms with Gasteiger partial charge < -0.3 is 4.52 Å². The molecule has 4 heteroatoms. The van der Waals surface area contributed by atoms with Crippen molar-refractivity contribution in [2.45, 2.75) is 20.8 Å². The van der Waals surface area contributed by atoms with Crippen molar-refractivity contribution < 1.29 is 23.1 Å². The van der Waals surface area contributed by atoms with Crippen LogP contribution in [0.3, 0.4) is 0 Å². The largest absolute Gasteiger partial charge is 0.343 e. The average molecular weight is 165 g/mol. The van der Waals surface area contributed by atoms with Crippen molar-refractivity contribution in [3.05, 3.63) is 12.2 Å². The van der Waals surface area contributed by atoms with Gasteiger partial charge in [0.15, 0.2) is 5.82 Å². The summed E-state index contributed by atoms with van der Waals surface area (Å²) in [7, 11) is 0. The summed E-state index contributed by atoms with van der Waals surface area (Å²) < 4.78 is 4.35. The molecule has 1 aromatic rings. The number of hydrogen-bond donors (Lipinski definition) is 0. The second kappa shape index (κ2) is 7.72. The van der Waals surface area contributed by atoms with Crippen LogP contribution in [0.15, 0.2) is 10.9 Å². The first-order chi connectivity index (χ1) is 3.89. The Bertz CT molecular complexity index is 119. The van der Waals surface area contributed by atoms with E-state index in [2.05, 4.69) is 14.7 Å². The van der Waals surface area contributed by atoms with Crippen LogP contribution in [0.1, 0.15) is 19.7 Å². The van der Waals surface area contributed by atoms with Crippen molar-refractivity contribution in [3.8, 4) is 0 Å². The van der Waals surface area contributed by atoms with Gasteiger partial charge in [0.2, 0.25) is 6.39 Å². The molecule has 0 aliphatic carbocycles. The van der Waals surface area contributed by atoms with Gasteiger partial charge in [-0.15, -0.1) is 0 Å². The molecule has 9 heavy (non-hydrogen) atoms. The van der Waals surface area contributed by atoms with E-state index in [-0.39, 0.29) is 18.6 Å². The van der Waals surface area contributed by atoms with Crippen molar-refractivity contribution in [1.29, 1.82) is 0 Å². The molecule has 0 spiro atoms. The molecule has 1 aromatic heterocycles. The van der Waals surface area contributed by atoms with E-state index in [1.807, 2.05) is 13.8 Å². The van der Waals surface area contributed by atoms with E-state index in [0.717, 1.165) is 0 Å². The van der Waals surface area contributed by atoms with Crippen LogP contribution in [-0.2, 0) is 18.6 Å². The van der Waals surface area contributed by atoms with Crippen molar-refractivity contribution in [3.63, 3.8) is 0 Å². The van der Waals surface area contributed by atoms with E-state index in [1.165, 1.54) is 6.39 Å². The van der Waals surface area contributed by atoms with E-state index in [9.17, 15) is 0 Å². The smallest absolute Gasteiger partial charge is 0.213 e. The molecule has 0 saturated heterocycles. The zero-order valence-corrected chi connectivity index (χ0v) is 7.22. The Morgan fingerprint density at radius 3 is 2.11 bits per heavy atom.